The molecule has 0 saturated heterocycles. The first-order chi connectivity index (χ1) is 11.1. The molecule has 0 bridgehead atoms. The zero-order valence-corrected chi connectivity index (χ0v) is 14.1. The van der Waals surface area contributed by atoms with Crippen molar-refractivity contribution in [3.8, 4) is 0 Å². The number of amides is 1. The van der Waals surface area contributed by atoms with Gasteiger partial charge in [0.2, 0.25) is 5.91 Å². The van der Waals surface area contributed by atoms with Crippen molar-refractivity contribution in [1.82, 2.24) is 0 Å². The Bertz CT molecular complexity index is 889. The lowest BCUT2D eigenvalue weighted by Gasteiger charge is -2.15. The molecule has 5 nitrogen and oxygen atoms in total. The molecule has 0 aliphatic heterocycles. The van der Waals surface area contributed by atoms with Gasteiger partial charge in [-0.25, -0.2) is 17.2 Å². The van der Waals surface area contributed by atoms with Gasteiger partial charge in [0.1, 0.15) is 11.6 Å². The number of anilines is 2. The standard InChI is InChI=1S/C16H16F2N2O3S/c1-9-6-13(19-11(3)21)7-10(2)16(9)24(22,23)20-15-8-12(17)4-5-14(15)18/h4-8,20H,1-3H3,(H,19,21). The van der Waals surface area contributed by atoms with Crippen LogP contribution in [0.4, 0.5) is 20.2 Å². The Hall–Kier alpha value is -2.48. The molecule has 0 radical (unpaired) electrons. The molecule has 1 amide bonds. The molecule has 0 atom stereocenters. The van der Waals surface area contributed by atoms with Gasteiger partial charge in [0.15, 0.2) is 0 Å². The van der Waals surface area contributed by atoms with E-state index in [1.807, 2.05) is 0 Å². The van der Waals surface area contributed by atoms with Gasteiger partial charge in [-0.1, -0.05) is 0 Å². The molecule has 0 aliphatic rings. The van der Waals surface area contributed by atoms with E-state index < -0.39 is 27.3 Å². The molecule has 0 aliphatic carbocycles. The van der Waals surface area contributed by atoms with Crippen molar-refractivity contribution in [2.24, 2.45) is 0 Å². The molecule has 0 fully saturated rings. The van der Waals surface area contributed by atoms with Gasteiger partial charge in [-0.05, 0) is 49.2 Å². The summed E-state index contributed by atoms with van der Waals surface area (Å²) in [6.45, 7) is 4.44. The summed E-state index contributed by atoms with van der Waals surface area (Å²) in [7, 11) is -4.13. The van der Waals surface area contributed by atoms with E-state index >= 15 is 0 Å². The first-order valence-electron chi connectivity index (χ1n) is 6.97. The summed E-state index contributed by atoms with van der Waals surface area (Å²) in [4.78, 5) is 11.1. The van der Waals surface area contributed by atoms with Gasteiger partial charge < -0.3 is 5.32 Å². The van der Waals surface area contributed by atoms with Gasteiger partial charge in [-0.15, -0.1) is 0 Å². The molecule has 2 aromatic carbocycles. The maximum absolute atomic E-state index is 13.7. The summed E-state index contributed by atoms with van der Waals surface area (Å²) in [5.74, 6) is -1.93. The Kier molecular flexibility index (Phi) is 4.88. The van der Waals surface area contributed by atoms with Crippen LogP contribution < -0.4 is 10.0 Å². The highest BCUT2D eigenvalue weighted by molar-refractivity contribution is 7.92. The molecule has 0 unspecified atom stereocenters. The van der Waals surface area contributed by atoms with Crippen LogP contribution in [-0.2, 0) is 14.8 Å². The van der Waals surface area contributed by atoms with E-state index in [1.165, 1.54) is 19.1 Å². The highest BCUT2D eigenvalue weighted by atomic mass is 32.2. The number of carbonyl (C=O) groups is 1. The molecule has 2 rings (SSSR count). The lowest BCUT2D eigenvalue weighted by atomic mass is 10.1. The first-order valence-corrected chi connectivity index (χ1v) is 8.45. The van der Waals surface area contributed by atoms with Crippen LogP contribution in [0.1, 0.15) is 18.1 Å². The number of rotatable bonds is 4. The molecule has 2 aromatic rings. The maximum atomic E-state index is 13.7. The maximum Gasteiger partial charge on any atom is 0.262 e. The van der Waals surface area contributed by atoms with Gasteiger partial charge in [0.05, 0.1) is 10.6 Å². The summed E-state index contributed by atoms with van der Waals surface area (Å²) in [5.41, 5.74) is 0.708. The van der Waals surface area contributed by atoms with Gasteiger partial charge in [-0.3, -0.25) is 9.52 Å². The van der Waals surface area contributed by atoms with Crippen molar-refractivity contribution in [3.05, 3.63) is 53.1 Å². The Morgan fingerprint density at radius 2 is 1.62 bits per heavy atom. The van der Waals surface area contributed by atoms with Crippen molar-refractivity contribution < 1.29 is 22.0 Å². The first kappa shape index (κ1) is 17.9. The quantitative estimate of drug-likeness (QED) is 0.884. The van der Waals surface area contributed by atoms with Crippen LogP contribution in [-0.4, -0.2) is 14.3 Å². The minimum Gasteiger partial charge on any atom is -0.326 e. The van der Waals surface area contributed by atoms with Gasteiger partial charge in [0.25, 0.3) is 10.0 Å². The Balaban J connectivity index is 2.46. The monoisotopic (exact) mass is 354 g/mol. The molecule has 2 N–H and O–H groups in total. The third-order valence-electron chi connectivity index (χ3n) is 3.22. The average molecular weight is 354 g/mol. The van der Waals surface area contributed by atoms with E-state index in [0.717, 1.165) is 18.2 Å². The number of sulfonamides is 1. The van der Waals surface area contributed by atoms with Crippen molar-refractivity contribution in [2.75, 3.05) is 10.0 Å². The minimum atomic E-state index is -4.13. The van der Waals surface area contributed by atoms with E-state index in [4.69, 9.17) is 0 Å². The van der Waals surface area contributed by atoms with Crippen LogP contribution in [0.5, 0.6) is 0 Å². The Morgan fingerprint density at radius 3 is 2.17 bits per heavy atom. The van der Waals surface area contributed by atoms with E-state index in [9.17, 15) is 22.0 Å². The second-order valence-electron chi connectivity index (χ2n) is 5.35. The van der Waals surface area contributed by atoms with Gasteiger partial charge >= 0.3 is 0 Å². The third-order valence-corrected chi connectivity index (χ3v) is 4.89. The van der Waals surface area contributed by atoms with Crippen LogP contribution in [0.25, 0.3) is 0 Å². The van der Waals surface area contributed by atoms with Crippen LogP contribution in [0, 0.1) is 25.5 Å². The second-order valence-corrected chi connectivity index (χ2v) is 6.97. The lowest BCUT2D eigenvalue weighted by Crippen LogP contribution is -2.17. The number of aryl methyl sites for hydroxylation is 2. The average Bonchev–Trinajstić information content (AvgIpc) is 2.40. The largest absolute Gasteiger partial charge is 0.326 e. The van der Waals surface area contributed by atoms with Crippen LogP contribution in [0.3, 0.4) is 0 Å². The molecule has 24 heavy (non-hydrogen) atoms. The molecular formula is C16H16F2N2O3S. The van der Waals surface area contributed by atoms with Crippen LogP contribution in [0.15, 0.2) is 35.2 Å². The topological polar surface area (TPSA) is 75.3 Å². The third kappa shape index (κ3) is 3.88. The molecule has 128 valence electrons. The van der Waals surface area contributed by atoms with Gasteiger partial charge in [0, 0.05) is 18.7 Å². The van der Waals surface area contributed by atoms with Crippen LogP contribution in [0.2, 0.25) is 0 Å². The number of hydrogen-bond acceptors (Lipinski definition) is 3. The molecular weight excluding hydrogens is 338 g/mol. The van der Waals surface area contributed by atoms with Crippen molar-refractivity contribution in [1.29, 1.82) is 0 Å². The Labute approximate surface area is 138 Å². The summed E-state index contributed by atoms with van der Waals surface area (Å²) in [5, 5.41) is 2.57. The fraction of sp³-hybridized carbons (Fsp3) is 0.188. The highest BCUT2D eigenvalue weighted by Gasteiger charge is 2.22. The number of nitrogens with one attached hydrogen (secondary N) is 2. The van der Waals surface area contributed by atoms with Crippen molar-refractivity contribution >= 4 is 27.3 Å². The minimum absolute atomic E-state index is 0.0553. The molecule has 0 saturated carbocycles. The predicted octanol–water partition coefficient (Wildman–Crippen LogP) is 3.34. The highest BCUT2D eigenvalue weighted by Crippen LogP contribution is 2.27. The fourth-order valence-electron chi connectivity index (χ4n) is 2.42. The molecule has 0 heterocycles. The Morgan fingerprint density at radius 1 is 1.04 bits per heavy atom. The molecule has 8 heteroatoms. The lowest BCUT2D eigenvalue weighted by molar-refractivity contribution is -0.114. The molecule has 0 spiro atoms. The SMILES string of the molecule is CC(=O)Nc1cc(C)c(S(=O)(=O)Nc2cc(F)ccc2F)c(C)c1. The smallest absolute Gasteiger partial charge is 0.262 e. The van der Waals surface area contributed by atoms with Gasteiger partial charge in [-0.2, -0.15) is 0 Å². The van der Waals surface area contributed by atoms with Crippen LogP contribution >= 0.6 is 0 Å². The van der Waals surface area contributed by atoms with Crippen molar-refractivity contribution in [3.63, 3.8) is 0 Å². The van der Waals surface area contributed by atoms with E-state index in [2.05, 4.69) is 10.0 Å². The van der Waals surface area contributed by atoms with E-state index in [-0.39, 0.29) is 10.8 Å². The zero-order valence-electron chi connectivity index (χ0n) is 13.3. The van der Waals surface area contributed by atoms with Crippen molar-refractivity contribution in [2.45, 2.75) is 25.7 Å². The van der Waals surface area contributed by atoms with E-state index in [0.29, 0.717) is 16.8 Å². The normalized spacial score (nSPS) is 11.2. The number of benzene rings is 2. The summed E-state index contributed by atoms with van der Waals surface area (Å²) in [6.07, 6.45) is 0. The van der Waals surface area contributed by atoms with E-state index in [1.54, 1.807) is 13.8 Å². The predicted molar refractivity (Wildman–Crippen MR) is 87.4 cm³/mol. The fourth-order valence-corrected chi connectivity index (χ4v) is 3.93. The number of halogens is 2. The second kappa shape index (κ2) is 6.56. The zero-order chi connectivity index (χ0) is 18.1. The molecule has 0 aromatic heterocycles. The summed E-state index contributed by atoms with van der Waals surface area (Å²) < 4.78 is 54.1. The summed E-state index contributed by atoms with van der Waals surface area (Å²) in [6, 6.07) is 5.48. The number of hydrogen-bond donors (Lipinski definition) is 2. The number of carbonyl (C=O) groups excluding carboxylic acids is 1. The summed E-state index contributed by atoms with van der Waals surface area (Å²) >= 11 is 0.